The van der Waals surface area contributed by atoms with Crippen molar-refractivity contribution in [2.24, 2.45) is 0 Å². The maximum absolute atomic E-state index is 12.3. The summed E-state index contributed by atoms with van der Waals surface area (Å²) >= 11 is 6.03. The Kier molecular flexibility index (Phi) is 6.41. The summed E-state index contributed by atoms with van der Waals surface area (Å²) in [5.41, 5.74) is 1.63. The molecule has 4 nitrogen and oxygen atoms in total. The Balaban J connectivity index is 2.13. The van der Waals surface area contributed by atoms with Gasteiger partial charge < -0.3 is 10.2 Å². The van der Waals surface area contributed by atoms with Crippen LogP contribution in [0.3, 0.4) is 0 Å². The van der Waals surface area contributed by atoms with Crippen molar-refractivity contribution in [3.8, 4) is 6.07 Å². The quantitative estimate of drug-likeness (QED) is 0.633. The van der Waals surface area contributed by atoms with Gasteiger partial charge in [-0.15, -0.1) is 0 Å². The van der Waals surface area contributed by atoms with E-state index in [-0.39, 0.29) is 5.57 Å². The molecule has 5 heteroatoms. The van der Waals surface area contributed by atoms with Gasteiger partial charge in [0.05, 0.1) is 10.7 Å². The SMILES string of the molecule is CCN(/C=C(/C#N)C(=O)Nc1ccccc1Cl)Cc1ccccc1. The van der Waals surface area contributed by atoms with Gasteiger partial charge in [0.25, 0.3) is 5.91 Å². The second-order valence-corrected chi connectivity index (χ2v) is 5.54. The van der Waals surface area contributed by atoms with E-state index in [1.54, 1.807) is 30.5 Å². The van der Waals surface area contributed by atoms with Gasteiger partial charge in [0.1, 0.15) is 11.6 Å². The highest BCUT2D eigenvalue weighted by atomic mass is 35.5. The monoisotopic (exact) mass is 339 g/mol. The normalized spacial score (nSPS) is 10.8. The van der Waals surface area contributed by atoms with Crippen LogP contribution in [0.25, 0.3) is 0 Å². The van der Waals surface area contributed by atoms with E-state index >= 15 is 0 Å². The molecule has 0 radical (unpaired) electrons. The molecule has 0 spiro atoms. The summed E-state index contributed by atoms with van der Waals surface area (Å²) in [4.78, 5) is 14.2. The molecule has 0 atom stereocenters. The fraction of sp³-hybridized carbons (Fsp3) is 0.158. The first-order valence-electron chi connectivity index (χ1n) is 7.59. The van der Waals surface area contributed by atoms with Gasteiger partial charge in [0.15, 0.2) is 0 Å². The fourth-order valence-electron chi connectivity index (χ4n) is 2.14. The number of hydrogen-bond donors (Lipinski definition) is 1. The zero-order chi connectivity index (χ0) is 17.4. The summed E-state index contributed by atoms with van der Waals surface area (Å²) in [6.07, 6.45) is 1.58. The van der Waals surface area contributed by atoms with Crippen LogP contribution >= 0.6 is 11.6 Å². The average molecular weight is 340 g/mol. The topological polar surface area (TPSA) is 56.1 Å². The highest BCUT2D eigenvalue weighted by Gasteiger charge is 2.12. The Bertz CT molecular complexity index is 766. The minimum absolute atomic E-state index is 0.0349. The predicted octanol–water partition coefficient (Wildman–Crippen LogP) is 4.21. The van der Waals surface area contributed by atoms with E-state index < -0.39 is 5.91 Å². The van der Waals surface area contributed by atoms with E-state index in [0.29, 0.717) is 23.8 Å². The van der Waals surface area contributed by atoms with Crippen LogP contribution in [0.4, 0.5) is 5.69 Å². The molecule has 0 fully saturated rings. The minimum Gasteiger partial charge on any atom is -0.372 e. The Morgan fingerprint density at radius 2 is 1.88 bits per heavy atom. The Labute approximate surface area is 147 Å². The van der Waals surface area contributed by atoms with Crippen LogP contribution in [0, 0.1) is 11.3 Å². The maximum Gasteiger partial charge on any atom is 0.267 e. The number of halogens is 1. The molecule has 1 N–H and O–H groups in total. The van der Waals surface area contributed by atoms with Crippen LogP contribution < -0.4 is 5.32 Å². The molecule has 0 aliphatic carbocycles. The molecule has 0 bridgehead atoms. The van der Waals surface area contributed by atoms with Crippen molar-refractivity contribution in [3.05, 3.63) is 77.0 Å². The Morgan fingerprint density at radius 3 is 2.50 bits per heavy atom. The Morgan fingerprint density at radius 1 is 1.21 bits per heavy atom. The number of amides is 1. The Hall–Kier alpha value is -2.77. The van der Waals surface area contributed by atoms with Crippen LogP contribution in [0.5, 0.6) is 0 Å². The van der Waals surface area contributed by atoms with Gasteiger partial charge >= 0.3 is 0 Å². The molecule has 0 saturated heterocycles. The number of rotatable bonds is 6. The van der Waals surface area contributed by atoms with Crippen molar-refractivity contribution < 1.29 is 4.79 Å². The van der Waals surface area contributed by atoms with Gasteiger partial charge in [-0.05, 0) is 24.6 Å². The number of hydrogen-bond acceptors (Lipinski definition) is 3. The molecule has 0 aliphatic rings. The summed E-state index contributed by atoms with van der Waals surface area (Å²) in [5, 5.41) is 12.4. The van der Waals surface area contributed by atoms with E-state index in [2.05, 4.69) is 5.32 Å². The number of nitriles is 1. The van der Waals surface area contributed by atoms with Gasteiger partial charge in [-0.25, -0.2) is 0 Å². The lowest BCUT2D eigenvalue weighted by molar-refractivity contribution is -0.112. The molecule has 24 heavy (non-hydrogen) atoms. The van der Waals surface area contributed by atoms with Crippen molar-refractivity contribution in [3.63, 3.8) is 0 Å². The molecule has 2 aromatic carbocycles. The minimum atomic E-state index is -0.475. The molecule has 0 aliphatic heterocycles. The van der Waals surface area contributed by atoms with Gasteiger partial charge in [0.2, 0.25) is 0 Å². The van der Waals surface area contributed by atoms with Crippen LogP contribution in [0.1, 0.15) is 12.5 Å². The van der Waals surface area contributed by atoms with Crippen molar-refractivity contribution in [1.29, 1.82) is 5.26 Å². The largest absolute Gasteiger partial charge is 0.372 e. The van der Waals surface area contributed by atoms with E-state index in [9.17, 15) is 10.1 Å². The molecule has 0 aromatic heterocycles. The number of carbonyl (C=O) groups excluding carboxylic acids is 1. The van der Waals surface area contributed by atoms with Crippen LogP contribution in [0.15, 0.2) is 66.4 Å². The molecule has 0 heterocycles. The van der Waals surface area contributed by atoms with Crippen molar-refractivity contribution in [2.75, 3.05) is 11.9 Å². The molecule has 122 valence electrons. The molecule has 0 unspecified atom stereocenters. The zero-order valence-electron chi connectivity index (χ0n) is 13.4. The number of benzene rings is 2. The first-order valence-corrected chi connectivity index (χ1v) is 7.97. The molecule has 1 amide bonds. The lowest BCUT2D eigenvalue weighted by Crippen LogP contribution is -2.21. The predicted molar refractivity (Wildman–Crippen MR) is 96.3 cm³/mol. The fourth-order valence-corrected chi connectivity index (χ4v) is 2.32. The van der Waals surface area contributed by atoms with Crippen LogP contribution in [0.2, 0.25) is 5.02 Å². The molecule has 0 saturated carbocycles. The van der Waals surface area contributed by atoms with Gasteiger partial charge in [-0.2, -0.15) is 5.26 Å². The number of para-hydroxylation sites is 1. The standard InChI is InChI=1S/C19H18ClN3O/c1-2-23(13-15-8-4-3-5-9-15)14-16(12-21)19(24)22-18-11-7-6-10-17(18)20/h3-11,14H,2,13H2,1H3,(H,22,24)/b16-14-. The first-order chi connectivity index (χ1) is 11.6. The number of nitrogens with one attached hydrogen (secondary N) is 1. The van der Waals surface area contributed by atoms with Crippen LogP contribution in [-0.2, 0) is 11.3 Å². The lowest BCUT2D eigenvalue weighted by Gasteiger charge is -2.19. The summed E-state index contributed by atoms with van der Waals surface area (Å²) < 4.78 is 0. The lowest BCUT2D eigenvalue weighted by atomic mass is 10.2. The maximum atomic E-state index is 12.3. The third-order valence-corrected chi connectivity index (χ3v) is 3.76. The summed E-state index contributed by atoms with van der Waals surface area (Å²) in [5.74, 6) is -0.475. The zero-order valence-corrected chi connectivity index (χ0v) is 14.1. The van der Waals surface area contributed by atoms with E-state index in [1.807, 2.05) is 48.2 Å². The van der Waals surface area contributed by atoms with E-state index in [1.165, 1.54) is 0 Å². The smallest absolute Gasteiger partial charge is 0.267 e. The average Bonchev–Trinajstić information content (AvgIpc) is 2.61. The highest BCUT2D eigenvalue weighted by Crippen LogP contribution is 2.21. The number of nitrogens with zero attached hydrogens (tertiary/aromatic N) is 2. The van der Waals surface area contributed by atoms with Gasteiger partial charge in [0, 0.05) is 19.3 Å². The first kappa shape index (κ1) is 17.6. The third-order valence-electron chi connectivity index (χ3n) is 3.43. The number of anilines is 1. The second-order valence-electron chi connectivity index (χ2n) is 5.14. The van der Waals surface area contributed by atoms with Gasteiger partial charge in [-0.3, -0.25) is 4.79 Å². The van der Waals surface area contributed by atoms with E-state index in [0.717, 1.165) is 5.56 Å². The van der Waals surface area contributed by atoms with Crippen molar-refractivity contribution in [1.82, 2.24) is 4.90 Å². The molecule has 2 rings (SSSR count). The second kappa shape index (κ2) is 8.76. The van der Waals surface area contributed by atoms with Gasteiger partial charge in [-0.1, -0.05) is 54.1 Å². The van der Waals surface area contributed by atoms with Crippen molar-refractivity contribution in [2.45, 2.75) is 13.5 Å². The third kappa shape index (κ3) is 4.87. The molecule has 2 aromatic rings. The van der Waals surface area contributed by atoms with E-state index in [4.69, 9.17) is 11.6 Å². The van der Waals surface area contributed by atoms with Crippen molar-refractivity contribution >= 4 is 23.2 Å². The summed E-state index contributed by atoms with van der Waals surface area (Å²) in [7, 11) is 0. The molecular weight excluding hydrogens is 322 g/mol. The number of carbonyl (C=O) groups is 1. The summed E-state index contributed by atoms with van der Waals surface area (Å²) in [6, 6.07) is 18.8. The summed E-state index contributed by atoms with van der Waals surface area (Å²) in [6.45, 7) is 3.28. The highest BCUT2D eigenvalue weighted by molar-refractivity contribution is 6.33. The molecular formula is C19H18ClN3O. The van der Waals surface area contributed by atoms with Crippen LogP contribution in [-0.4, -0.2) is 17.4 Å².